The molecule has 0 bridgehead atoms. The van der Waals surface area contributed by atoms with Crippen LogP contribution in [0.1, 0.15) is 37.3 Å². The van der Waals surface area contributed by atoms with Gasteiger partial charge in [-0.3, -0.25) is 9.50 Å². The van der Waals surface area contributed by atoms with Gasteiger partial charge in [-0.15, -0.1) is 0 Å². The van der Waals surface area contributed by atoms with E-state index in [2.05, 4.69) is 31.9 Å². The third kappa shape index (κ3) is 4.38. The number of likely N-dealkylation sites (tertiary alicyclic amines) is 1. The molecule has 1 aliphatic heterocycles. The van der Waals surface area contributed by atoms with Crippen LogP contribution in [0.2, 0.25) is 0 Å². The zero-order valence-electron chi connectivity index (χ0n) is 18.0. The molecule has 3 aromatic heterocycles. The molecule has 33 heavy (non-hydrogen) atoms. The zero-order chi connectivity index (χ0) is 22.2. The Morgan fingerprint density at radius 2 is 1.94 bits per heavy atom. The van der Waals surface area contributed by atoms with Gasteiger partial charge in [0.25, 0.3) is 0 Å². The first kappa shape index (κ1) is 20.1. The second kappa shape index (κ2) is 8.43. The van der Waals surface area contributed by atoms with E-state index < -0.39 is 0 Å². The lowest BCUT2D eigenvalue weighted by Crippen LogP contribution is -2.32. The fourth-order valence-electron chi connectivity index (χ4n) is 4.01. The maximum Gasteiger partial charge on any atom is 0.321 e. The fourth-order valence-corrected chi connectivity index (χ4v) is 4.82. The van der Waals surface area contributed by atoms with Crippen molar-refractivity contribution in [1.82, 2.24) is 29.5 Å². The number of hydrogen-bond acceptors (Lipinski definition) is 6. The Hall–Kier alpha value is -3.53. The number of carbonyl (C=O) groups is 1. The lowest BCUT2D eigenvalue weighted by atomic mass is 10.3. The lowest BCUT2D eigenvalue weighted by Gasteiger charge is -2.16. The minimum atomic E-state index is -0.0294. The van der Waals surface area contributed by atoms with Crippen LogP contribution in [-0.4, -0.2) is 48.6 Å². The van der Waals surface area contributed by atoms with E-state index in [0.717, 1.165) is 53.0 Å². The van der Waals surface area contributed by atoms with Gasteiger partial charge in [-0.2, -0.15) is 5.10 Å². The van der Waals surface area contributed by atoms with Gasteiger partial charge in [0.2, 0.25) is 5.95 Å². The van der Waals surface area contributed by atoms with E-state index >= 15 is 0 Å². The second-order valence-electron chi connectivity index (χ2n) is 8.43. The van der Waals surface area contributed by atoms with Gasteiger partial charge in [0.05, 0.1) is 0 Å². The molecule has 168 valence electrons. The third-order valence-electron chi connectivity index (χ3n) is 5.94. The van der Waals surface area contributed by atoms with Gasteiger partial charge in [-0.1, -0.05) is 11.8 Å². The monoisotopic (exact) mass is 460 g/mol. The highest BCUT2D eigenvalue weighted by Crippen LogP contribution is 2.39. The first-order valence-electron chi connectivity index (χ1n) is 11.2. The highest BCUT2D eigenvalue weighted by atomic mass is 32.2. The minimum absolute atomic E-state index is 0.0294. The Labute approximate surface area is 195 Å². The van der Waals surface area contributed by atoms with E-state index in [4.69, 9.17) is 4.98 Å². The lowest BCUT2D eigenvalue weighted by molar-refractivity contribution is 0.222. The van der Waals surface area contributed by atoms with Crippen LogP contribution in [-0.2, 0) is 0 Å². The number of benzene rings is 1. The molecule has 2 fully saturated rings. The summed E-state index contributed by atoms with van der Waals surface area (Å²) in [5.41, 5.74) is 2.77. The van der Waals surface area contributed by atoms with Crippen LogP contribution in [0.4, 0.5) is 22.2 Å². The SMILES string of the molecule is O=C(Nc1ccc(Sc2cc3nccn3c(Nc3cc(C4CC4)[nH]n3)n2)cc1)N1CCCC1. The van der Waals surface area contributed by atoms with Crippen molar-refractivity contribution in [2.24, 2.45) is 0 Å². The molecule has 2 amide bonds. The number of amides is 2. The van der Waals surface area contributed by atoms with Gasteiger partial charge in [0, 0.05) is 59.8 Å². The van der Waals surface area contributed by atoms with Crippen molar-refractivity contribution >= 4 is 40.9 Å². The molecule has 1 aliphatic carbocycles. The van der Waals surface area contributed by atoms with Gasteiger partial charge in [-0.05, 0) is 49.9 Å². The van der Waals surface area contributed by atoms with E-state index in [9.17, 15) is 4.79 Å². The molecular weight excluding hydrogens is 436 g/mol. The first-order valence-corrected chi connectivity index (χ1v) is 12.0. The van der Waals surface area contributed by atoms with Crippen molar-refractivity contribution in [3.05, 3.63) is 54.5 Å². The van der Waals surface area contributed by atoms with Crippen molar-refractivity contribution < 1.29 is 4.79 Å². The molecule has 10 heteroatoms. The van der Waals surface area contributed by atoms with Crippen LogP contribution in [0, 0.1) is 0 Å². The number of nitrogens with one attached hydrogen (secondary N) is 3. The fraction of sp³-hybridized carbons (Fsp3) is 0.304. The number of imidazole rings is 1. The molecule has 0 atom stereocenters. The summed E-state index contributed by atoms with van der Waals surface area (Å²) < 4.78 is 1.91. The molecule has 6 rings (SSSR count). The number of fused-ring (bicyclic) bond motifs is 1. The molecule has 1 saturated carbocycles. The summed E-state index contributed by atoms with van der Waals surface area (Å²) in [4.78, 5) is 24.4. The molecule has 4 aromatic rings. The first-order chi connectivity index (χ1) is 16.2. The smallest absolute Gasteiger partial charge is 0.321 e. The highest BCUT2D eigenvalue weighted by Gasteiger charge is 2.25. The Bertz CT molecular complexity index is 1290. The van der Waals surface area contributed by atoms with Gasteiger partial charge in [-0.25, -0.2) is 14.8 Å². The number of nitrogens with zero attached hydrogens (tertiary/aromatic N) is 5. The molecule has 3 N–H and O–H groups in total. The number of aromatic nitrogens is 5. The number of aromatic amines is 1. The largest absolute Gasteiger partial charge is 0.325 e. The number of carbonyl (C=O) groups excluding carboxylic acids is 1. The minimum Gasteiger partial charge on any atom is -0.325 e. The Balaban J connectivity index is 1.18. The summed E-state index contributed by atoms with van der Waals surface area (Å²) in [5, 5.41) is 14.6. The Morgan fingerprint density at radius 1 is 1.12 bits per heavy atom. The van der Waals surface area contributed by atoms with Crippen molar-refractivity contribution in [2.75, 3.05) is 23.7 Å². The molecule has 1 aromatic carbocycles. The predicted octanol–water partition coefficient (Wildman–Crippen LogP) is 4.85. The number of hydrogen-bond donors (Lipinski definition) is 3. The molecule has 0 unspecified atom stereocenters. The zero-order valence-corrected chi connectivity index (χ0v) is 18.8. The summed E-state index contributed by atoms with van der Waals surface area (Å²) in [6.45, 7) is 1.66. The maximum absolute atomic E-state index is 12.3. The summed E-state index contributed by atoms with van der Waals surface area (Å²) >= 11 is 1.55. The topological polar surface area (TPSA) is 103 Å². The molecular formula is C23H24N8OS. The highest BCUT2D eigenvalue weighted by molar-refractivity contribution is 7.99. The van der Waals surface area contributed by atoms with Crippen LogP contribution >= 0.6 is 11.8 Å². The summed E-state index contributed by atoms with van der Waals surface area (Å²) in [5.74, 6) is 2.02. The molecule has 2 aliphatic rings. The summed E-state index contributed by atoms with van der Waals surface area (Å²) in [6, 6.07) is 11.8. The summed E-state index contributed by atoms with van der Waals surface area (Å²) in [7, 11) is 0. The van der Waals surface area contributed by atoms with E-state index in [0.29, 0.717) is 11.9 Å². The van der Waals surface area contributed by atoms with Gasteiger partial charge in [0.1, 0.15) is 10.7 Å². The number of anilines is 3. The predicted molar refractivity (Wildman–Crippen MR) is 127 cm³/mol. The van der Waals surface area contributed by atoms with Crippen LogP contribution in [0.5, 0.6) is 0 Å². The molecule has 0 spiro atoms. The van der Waals surface area contributed by atoms with Crippen LogP contribution < -0.4 is 10.6 Å². The van der Waals surface area contributed by atoms with Crippen molar-refractivity contribution in [3.63, 3.8) is 0 Å². The molecule has 0 radical (unpaired) electrons. The Kier molecular flexibility index (Phi) is 5.14. The number of urea groups is 1. The quantitative estimate of drug-likeness (QED) is 0.355. The van der Waals surface area contributed by atoms with E-state index in [-0.39, 0.29) is 6.03 Å². The molecule has 9 nitrogen and oxygen atoms in total. The van der Waals surface area contributed by atoms with E-state index in [1.807, 2.05) is 45.8 Å². The van der Waals surface area contributed by atoms with Crippen molar-refractivity contribution in [2.45, 2.75) is 41.5 Å². The van der Waals surface area contributed by atoms with E-state index in [1.54, 1.807) is 18.0 Å². The average Bonchev–Trinajstić information content (AvgIpc) is 3.22. The molecule has 1 saturated heterocycles. The normalized spacial score (nSPS) is 15.8. The Morgan fingerprint density at radius 3 is 2.73 bits per heavy atom. The molecule has 4 heterocycles. The van der Waals surface area contributed by atoms with Gasteiger partial charge in [0.15, 0.2) is 5.82 Å². The van der Waals surface area contributed by atoms with Crippen molar-refractivity contribution in [3.8, 4) is 0 Å². The van der Waals surface area contributed by atoms with E-state index in [1.165, 1.54) is 18.5 Å². The second-order valence-corrected chi connectivity index (χ2v) is 9.53. The van der Waals surface area contributed by atoms with Crippen LogP contribution in [0.3, 0.4) is 0 Å². The van der Waals surface area contributed by atoms with Crippen molar-refractivity contribution in [1.29, 1.82) is 0 Å². The van der Waals surface area contributed by atoms with Gasteiger partial charge < -0.3 is 15.5 Å². The maximum atomic E-state index is 12.3. The standard InChI is InChI=1S/C23H24N8OS/c32-23(30-10-1-2-11-30)25-16-5-7-17(8-6-16)33-21-14-20-24-9-12-31(20)22(27-21)26-19-13-18(28-29-19)15-3-4-15/h5-9,12-15H,1-4,10-11H2,(H,25,32)(H2,26,27,28,29). The summed E-state index contributed by atoms with van der Waals surface area (Å²) in [6.07, 6.45) is 8.24. The average molecular weight is 461 g/mol. The van der Waals surface area contributed by atoms with Crippen LogP contribution in [0.25, 0.3) is 5.65 Å². The number of rotatable bonds is 6. The van der Waals surface area contributed by atoms with Crippen LogP contribution in [0.15, 0.2) is 58.7 Å². The number of H-pyrrole nitrogens is 1. The third-order valence-corrected chi connectivity index (χ3v) is 6.87. The van der Waals surface area contributed by atoms with Gasteiger partial charge >= 0.3 is 6.03 Å².